The van der Waals surface area contributed by atoms with Gasteiger partial charge in [-0.05, 0) is 61.6 Å². The highest BCUT2D eigenvalue weighted by molar-refractivity contribution is 5.73. The van der Waals surface area contributed by atoms with Crippen LogP contribution in [0, 0.1) is 6.92 Å². The van der Waals surface area contributed by atoms with E-state index in [9.17, 15) is 0 Å². The fraction of sp³-hybridized carbons (Fsp3) is 0.238. The van der Waals surface area contributed by atoms with Crippen LogP contribution in [0.15, 0.2) is 60.7 Å². The predicted molar refractivity (Wildman–Crippen MR) is 97.4 cm³/mol. The van der Waals surface area contributed by atoms with Gasteiger partial charge in [-0.2, -0.15) is 0 Å². The first-order valence-electron chi connectivity index (χ1n) is 7.71. The third-order valence-corrected chi connectivity index (χ3v) is 4.09. The Morgan fingerprint density at radius 2 is 1.68 bits per heavy atom. The van der Waals surface area contributed by atoms with Gasteiger partial charge in [-0.3, -0.25) is 0 Å². The molecule has 2 aromatic carbocycles. The lowest BCUT2D eigenvalue weighted by atomic mass is 9.95. The van der Waals surface area contributed by atoms with Crippen molar-refractivity contribution in [1.82, 2.24) is 5.32 Å². The van der Waals surface area contributed by atoms with Gasteiger partial charge in [0.15, 0.2) is 0 Å². The summed E-state index contributed by atoms with van der Waals surface area (Å²) in [6, 6.07) is 16.9. The molecular weight excluding hydrogens is 266 g/mol. The summed E-state index contributed by atoms with van der Waals surface area (Å²) in [4.78, 5) is 0. The minimum Gasteiger partial charge on any atom is -0.381 e. The number of allylic oxidation sites excluding steroid dienone is 2. The van der Waals surface area contributed by atoms with E-state index in [1.165, 1.54) is 27.8 Å². The Hall–Kier alpha value is -2.28. The molecule has 0 saturated carbocycles. The molecule has 0 spiro atoms. The van der Waals surface area contributed by atoms with Crippen LogP contribution in [0.5, 0.6) is 0 Å². The van der Waals surface area contributed by atoms with Crippen molar-refractivity contribution in [2.75, 3.05) is 0 Å². The molecule has 0 amide bonds. The summed E-state index contributed by atoms with van der Waals surface area (Å²) in [5.41, 5.74) is 8.68. The van der Waals surface area contributed by atoms with Gasteiger partial charge in [0.25, 0.3) is 0 Å². The van der Waals surface area contributed by atoms with Crippen LogP contribution in [0.3, 0.4) is 0 Å². The molecule has 0 aliphatic carbocycles. The molecular formula is C21H25N. The van der Waals surface area contributed by atoms with E-state index in [0.717, 1.165) is 17.8 Å². The second kappa shape index (κ2) is 7.13. The van der Waals surface area contributed by atoms with Crippen molar-refractivity contribution in [1.29, 1.82) is 0 Å². The first-order valence-corrected chi connectivity index (χ1v) is 7.71. The molecule has 1 nitrogen and oxygen atoms in total. The molecule has 0 aliphatic heterocycles. The molecule has 0 unspecified atom stereocenters. The Morgan fingerprint density at radius 3 is 2.32 bits per heavy atom. The van der Waals surface area contributed by atoms with Gasteiger partial charge in [-0.15, -0.1) is 0 Å². The Balaban J connectivity index is 2.17. The topological polar surface area (TPSA) is 12.0 Å². The molecule has 0 heterocycles. The molecule has 0 atom stereocenters. The molecule has 1 N–H and O–H groups in total. The number of nitrogens with one attached hydrogen (secondary N) is 1. The van der Waals surface area contributed by atoms with E-state index in [-0.39, 0.29) is 0 Å². The average molecular weight is 291 g/mol. The van der Waals surface area contributed by atoms with Crippen molar-refractivity contribution in [2.45, 2.75) is 34.2 Å². The molecule has 114 valence electrons. The second-order valence-electron chi connectivity index (χ2n) is 5.97. The highest BCUT2D eigenvalue weighted by Gasteiger charge is 2.06. The van der Waals surface area contributed by atoms with Gasteiger partial charge in [0.05, 0.1) is 0 Å². The smallest absolute Gasteiger partial charge is 0.0400 e. The van der Waals surface area contributed by atoms with E-state index >= 15 is 0 Å². The Labute approximate surface area is 134 Å². The predicted octanol–water partition coefficient (Wildman–Crippen LogP) is 5.57. The van der Waals surface area contributed by atoms with Gasteiger partial charge in [0, 0.05) is 12.2 Å². The van der Waals surface area contributed by atoms with E-state index in [4.69, 9.17) is 0 Å². The zero-order chi connectivity index (χ0) is 16.1. The van der Waals surface area contributed by atoms with Crippen molar-refractivity contribution in [3.05, 3.63) is 82.9 Å². The summed E-state index contributed by atoms with van der Waals surface area (Å²) in [5, 5.41) is 3.42. The molecule has 0 saturated heterocycles. The van der Waals surface area contributed by atoms with Crippen molar-refractivity contribution < 1.29 is 0 Å². The van der Waals surface area contributed by atoms with Crippen molar-refractivity contribution in [2.24, 2.45) is 0 Å². The van der Waals surface area contributed by atoms with Gasteiger partial charge in [-0.25, -0.2) is 0 Å². The van der Waals surface area contributed by atoms with Crippen LogP contribution in [0.2, 0.25) is 0 Å². The zero-order valence-electron chi connectivity index (χ0n) is 14.0. The largest absolute Gasteiger partial charge is 0.381 e. The Morgan fingerprint density at radius 1 is 1.00 bits per heavy atom. The van der Waals surface area contributed by atoms with Crippen molar-refractivity contribution in [3.63, 3.8) is 0 Å². The summed E-state index contributed by atoms with van der Waals surface area (Å²) in [7, 11) is 0. The molecule has 0 aliphatic rings. The summed E-state index contributed by atoms with van der Waals surface area (Å²) < 4.78 is 0. The quantitative estimate of drug-likeness (QED) is 0.759. The standard InChI is InChI=1S/C21H25N/c1-15(2)17(4)21-13-20(12-11-16(21)3)18(5)22-14-19-9-7-6-8-10-19/h6-13,22H,5,14H2,1-4H3. The number of aryl methyl sites for hydroxylation is 1. The minimum absolute atomic E-state index is 0.796. The van der Waals surface area contributed by atoms with E-state index in [1.807, 2.05) is 6.07 Å². The van der Waals surface area contributed by atoms with E-state index < -0.39 is 0 Å². The lowest BCUT2D eigenvalue weighted by Gasteiger charge is -2.14. The third-order valence-electron chi connectivity index (χ3n) is 4.09. The van der Waals surface area contributed by atoms with Gasteiger partial charge in [0.2, 0.25) is 0 Å². The monoisotopic (exact) mass is 291 g/mol. The number of rotatable bonds is 5. The van der Waals surface area contributed by atoms with E-state index in [2.05, 4.69) is 82.1 Å². The maximum absolute atomic E-state index is 4.19. The fourth-order valence-corrected chi connectivity index (χ4v) is 2.39. The average Bonchev–Trinajstić information content (AvgIpc) is 2.53. The van der Waals surface area contributed by atoms with Crippen LogP contribution < -0.4 is 5.32 Å². The van der Waals surface area contributed by atoms with Gasteiger partial charge >= 0.3 is 0 Å². The Bertz CT molecular complexity index is 689. The highest BCUT2D eigenvalue weighted by atomic mass is 14.9. The molecule has 22 heavy (non-hydrogen) atoms. The summed E-state index contributed by atoms with van der Waals surface area (Å²) >= 11 is 0. The third kappa shape index (κ3) is 3.88. The highest BCUT2D eigenvalue weighted by Crippen LogP contribution is 2.25. The number of hydrogen-bond acceptors (Lipinski definition) is 1. The van der Waals surface area contributed by atoms with Gasteiger partial charge < -0.3 is 5.32 Å². The molecule has 0 radical (unpaired) electrons. The van der Waals surface area contributed by atoms with Crippen molar-refractivity contribution >= 4 is 11.3 Å². The lowest BCUT2D eigenvalue weighted by molar-refractivity contribution is 0.891. The van der Waals surface area contributed by atoms with E-state index in [1.54, 1.807) is 0 Å². The zero-order valence-corrected chi connectivity index (χ0v) is 14.0. The Kier molecular flexibility index (Phi) is 5.21. The fourth-order valence-electron chi connectivity index (χ4n) is 2.39. The SMILES string of the molecule is C=C(NCc1ccccc1)c1ccc(C)c(C(C)=C(C)C)c1. The normalized spacial score (nSPS) is 10.2. The van der Waals surface area contributed by atoms with E-state index in [0.29, 0.717) is 0 Å². The van der Waals surface area contributed by atoms with Crippen LogP contribution in [0.25, 0.3) is 11.3 Å². The maximum atomic E-state index is 4.19. The molecule has 1 heteroatoms. The van der Waals surface area contributed by atoms with Crippen LogP contribution >= 0.6 is 0 Å². The second-order valence-corrected chi connectivity index (χ2v) is 5.97. The molecule has 0 bridgehead atoms. The lowest BCUT2D eigenvalue weighted by Crippen LogP contribution is -2.11. The summed E-state index contributed by atoms with van der Waals surface area (Å²) in [5.74, 6) is 0. The molecule has 0 aromatic heterocycles. The first-order chi connectivity index (χ1) is 10.5. The summed E-state index contributed by atoms with van der Waals surface area (Å²) in [6.45, 7) is 13.6. The number of benzene rings is 2. The van der Waals surface area contributed by atoms with Crippen LogP contribution in [0.1, 0.15) is 43.0 Å². The van der Waals surface area contributed by atoms with Crippen LogP contribution in [-0.2, 0) is 6.54 Å². The van der Waals surface area contributed by atoms with Crippen LogP contribution in [-0.4, -0.2) is 0 Å². The van der Waals surface area contributed by atoms with Gasteiger partial charge in [-0.1, -0.05) is 54.6 Å². The van der Waals surface area contributed by atoms with Crippen molar-refractivity contribution in [3.8, 4) is 0 Å². The maximum Gasteiger partial charge on any atom is 0.0400 e. The van der Waals surface area contributed by atoms with Crippen LogP contribution in [0.4, 0.5) is 0 Å². The summed E-state index contributed by atoms with van der Waals surface area (Å²) in [6.07, 6.45) is 0. The molecule has 2 rings (SSSR count). The molecule has 0 fully saturated rings. The molecule has 2 aromatic rings. The van der Waals surface area contributed by atoms with Gasteiger partial charge in [0.1, 0.15) is 0 Å². The number of hydrogen-bond donors (Lipinski definition) is 1. The first kappa shape index (κ1) is 16.1. The minimum atomic E-state index is 0.796.